The van der Waals surface area contributed by atoms with Gasteiger partial charge in [0.05, 0.1) is 0 Å². The summed E-state index contributed by atoms with van der Waals surface area (Å²) in [6, 6.07) is 1.81. The lowest BCUT2D eigenvalue weighted by atomic mass is 9.92. The Kier molecular flexibility index (Phi) is 2.45. The number of phenolic OH excluding ortho intramolecular Hbond substituents is 1. The number of fused-ring (bicyclic) bond motifs is 1. The van der Waals surface area contributed by atoms with E-state index < -0.39 is 0 Å². The second kappa shape index (κ2) is 3.55. The molecule has 0 fully saturated rings. The molecule has 0 radical (unpaired) electrons. The van der Waals surface area contributed by atoms with E-state index in [9.17, 15) is 5.11 Å². The Morgan fingerprint density at radius 3 is 2.38 bits per heavy atom. The van der Waals surface area contributed by atoms with Crippen molar-refractivity contribution in [3.05, 3.63) is 28.3 Å². The van der Waals surface area contributed by atoms with E-state index in [1.54, 1.807) is 0 Å². The van der Waals surface area contributed by atoms with Crippen LogP contribution in [0.1, 0.15) is 37.5 Å². The van der Waals surface area contributed by atoms with E-state index in [1.807, 2.05) is 19.9 Å². The minimum absolute atomic E-state index is 0.121. The van der Waals surface area contributed by atoms with E-state index in [0.717, 1.165) is 22.4 Å². The average molecular weight is 218 g/mol. The summed E-state index contributed by atoms with van der Waals surface area (Å²) in [5, 5.41) is 9.85. The molecule has 1 atom stereocenters. The van der Waals surface area contributed by atoms with Crippen LogP contribution in [0.5, 0.6) is 11.5 Å². The van der Waals surface area contributed by atoms with Gasteiger partial charge in [0.15, 0.2) is 0 Å². The van der Waals surface area contributed by atoms with E-state index >= 15 is 0 Å². The molecule has 1 N–H and O–H groups in total. The number of ether oxygens (including phenoxy) is 1. The fourth-order valence-electron chi connectivity index (χ4n) is 2.09. The van der Waals surface area contributed by atoms with Crippen LogP contribution in [0.15, 0.2) is 11.6 Å². The normalized spacial score (nSPS) is 19.4. The maximum atomic E-state index is 9.85. The van der Waals surface area contributed by atoms with Crippen molar-refractivity contribution in [1.82, 2.24) is 0 Å². The Morgan fingerprint density at radius 1 is 1.12 bits per heavy atom. The van der Waals surface area contributed by atoms with Gasteiger partial charge in [-0.2, -0.15) is 0 Å². The van der Waals surface area contributed by atoms with Crippen LogP contribution in [0.4, 0.5) is 0 Å². The topological polar surface area (TPSA) is 29.5 Å². The molecule has 1 unspecified atom stereocenters. The lowest BCUT2D eigenvalue weighted by molar-refractivity contribution is 0.249. The molecule has 0 bridgehead atoms. The van der Waals surface area contributed by atoms with E-state index in [2.05, 4.69) is 20.8 Å². The molecule has 0 aliphatic carbocycles. The average Bonchev–Trinajstić information content (AvgIpc) is 2.25. The van der Waals surface area contributed by atoms with Gasteiger partial charge in [-0.05, 0) is 63.0 Å². The molecular formula is C14H18O2. The fraction of sp³-hybridized carbons (Fsp3) is 0.429. The molecule has 0 spiro atoms. The van der Waals surface area contributed by atoms with Gasteiger partial charge in [0.25, 0.3) is 0 Å². The number of rotatable bonds is 0. The van der Waals surface area contributed by atoms with E-state index in [0.29, 0.717) is 5.75 Å². The third kappa shape index (κ3) is 1.41. The summed E-state index contributed by atoms with van der Waals surface area (Å²) in [4.78, 5) is 0. The Bertz CT molecular complexity index is 484. The number of hydrogen-bond donors (Lipinski definition) is 1. The van der Waals surface area contributed by atoms with Gasteiger partial charge < -0.3 is 9.84 Å². The highest BCUT2D eigenvalue weighted by Crippen LogP contribution is 2.41. The predicted molar refractivity (Wildman–Crippen MR) is 65.9 cm³/mol. The van der Waals surface area contributed by atoms with Crippen LogP contribution in [0.2, 0.25) is 0 Å². The Labute approximate surface area is 96.6 Å². The highest BCUT2D eigenvalue weighted by Gasteiger charge is 2.23. The molecule has 0 aromatic heterocycles. The van der Waals surface area contributed by atoms with Crippen molar-refractivity contribution < 1.29 is 9.84 Å². The quantitative estimate of drug-likeness (QED) is 0.721. The minimum Gasteiger partial charge on any atom is -0.508 e. The summed E-state index contributed by atoms with van der Waals surface area (Å²) in [5.41, 5.74) is 5.41. The van der Waals surface area contributed by atoms with Gasteiger partial charge in [-0.15, -0.1) is 0 Å². The summed E-state index contributed by atoms with van der Waals surface area (Å²) < 4.78 is 5.91. The van der Waals surface area contributed by atoms with Crippen molar-refractivity contribution in [2.75, 3.05) is 0 Å². The van der Waals surface area contributed by atoms with Crippen molar-refractivity contribution >= 4 is 5.57 Å². The van der Waals surface area contributed by atoms with Crippen molar-refractivity contribution in [1.29, 1.82) is 0 Å². The van der Waals surface area contributed by atoms with Crippen molar-refractivity contribution in [2.45, 2.75) is 40.7 Å². The number of phenols is 1. The molecule has 0 amide bonds. The molecule has 2 heteroatoms. The third-order valence-electron chi connectivity index (χ3n) is 3.71. The molecule has 2 rings (SSSR count). The largest absolute Gasteiger partial charge is 0.508 e. The first-order valence-corrected chi connectivity index (χ1v) is 5.61. The Morgan fingerprint density at radius 2 is 1.75 bits per heavy atom. The molecular weight excluding hydrogens is 200 g/mol. The number of aromatic hydroxyl groups is 1. The molecule has 1 heterocycles. The SMILES string of the molecule is CC1=C(C)C(C)Oc2c1cc(O)c(C)c2C. The maximum absolute atomic E-state index is 9.85. The van der Waals surface area contributed by atoms with Crippen molar-refractivity contribution in [2.24, 2.45) is 0 Å². The maximum Gasteiger partial charge on any atom is 0.131 e. The van der Waals surface area contributed by atoms with Gasteiger partial charge in [-0.25, -0.2) is 0 Å². The Hall–Kier alpha value is -1.44. The summed E-state index contributed by atoms with van der Waals surface area (Å²) in [7, 11) is 0. The zero-order valence-electron chi connectivity index (χ0n) is 10.5. The smallest absolute Gasteiger partial charge is 0.131 e. The molecule has 1 aromatic rings. The summed E-state index contributed by atoms with van der Waals surface area (Å²) >= 11 is 0. The van der Waals surface area contributed by atoms with Crippen LogP contribution >= 0.6 is 0 Å². The summed E-state index contributed by atoms with van der Waals surface area (Å²) in [5.74, 6) is 1.27. The monoisotopic (exact) mass is 218 g/mol. The summed E-state index contributed by atoms with van der Waals surface area (Å²) in [6.45, 7) is 10.1. The molecule has 1 aliphatic heterocycles. The zero-order valence-corrected chi connectivity index (χ0v) is 10.5. The van der Waals surface area contributed by atoms with Crippen LogP contribution in [-0.4, -0.2) is 11.2 Å². The fourth-order valence-corrected chi connectivity index (χ4v) is 2.09. The zero-order chi connectivity index (χ0) is 12.0. The lowest BCUT2D eigenvalue weighted by Crippen LogP contribution is -2.20. The van der Waals surface area contributed by atoms with Crippen LogP contribution in [0.25, 0.3) is 5.57 Å². The molecule has 2 nitrogen and oxygen atoms in total. The van der Waals surface area contributed by atoms with Gasteiger partial charge in [-0.1, -0.05) is 0 Å². The molecule has 0 saturated heterocycles. The van der Waals surface area contributed by atoms with Crippen LogP contribution in [-0.2, 0) is 0 Å². The van der Waals surface area contributed by atoms with Crippen LogP contribution in [0.3, 0.4) is 0 Å². The number of allylic oxidation sites excluding steroid dienone is 1. The second-order valence-corrected chi connectivity index (χ2v) is 4.59. The van der Waals surface area contributed by atoms with Gasteiger partial charge in [-0.3, -0.25) is 0 Å². The molecule has 1 aliphatic rings. The van der Waals surface area contributed by atoms with E-state index in [-0.39, 0.29) is 6.10 Å². The van der Waals surface area contributed by atoms with Gasteiger partial charge >= 0.3 is 0 Å². The standard InChI is InChI=1S/C14H18O2/c1-7-8(2)12-6-13(15)9(3)10(4)14(12)16-11(7)5/h6,11,15H,1-5H3. The molecule has 1 aromatic carbocycles. The van der Waals surface area contributed by atoms with E-state index in [4.69, 9.17) is 4.74 Å². The van der Waals surface area contributed by atoms with Crippen LogP contribution in [0, 0.1) is 13.8 Å². The second-order valence-electron chi connectivity index (χ2n) is 4.59. The Balaban J connectivity index is 2.74. The molecule has 86 valence electrons. The third-order valence-corrected chi connectivity index (χ3v) is 3.71. The summed E-state index contributed by atoms with van der Waals surface area (Å²) in [6.07, 6.45) is 0.121. The number of benzene rings is 1. The first-order chi connectivity index (χ1) is 7.43. The minimum atomic E-state index is 0.121. The van der Waals surface area contributed by atoms with Gasteiger partial charge in [0.1, 0.15) is 17.6 Å². The van der Waals surface area contributed by atoms with E-state index in [1.165, 1.54) is 11.1 Å². The highest BCUT2D eigenvalue weighted by atomic mass is 16.5. The molecule has 16 heavy (non-hydrogen) atoms. The predicted octanol–water partition coefficient (Wildman–Crippen LogP) is 3.58. The molecule has 0 saturated carbocycles. The van der Waals surface area contributed by atoms with Gasteiger partial charge in [0.2, 0.25) is 0 Å². The first kappa shape index (κ1) is 11.1. The van der Waals surface area contributed by atoms with Crippen LogP contribution < -0.4 is 4.74 Å². The highest BCUT2D eigenvalue weighted by molar-refractivity contribution is 5.77. The van der Waals surface area contributed by atoms with Gasteiger partial charge in [0, 0.05) is 5.56 Å². The lowest BCUT2D eigenvalue weighted by Gasteiger charge is -2.28. The van der Waals surface area contributed by atoms with Crippen molar-refractivity contribution in [3.63, 3.8) is 0 Å². The number of hydrogen-bond acceptors (Lipinski definition) is 2. The van der Waals surface area contributed by atoms with Crippen molar-refractivity contribution in [3.8, 4) is 11.5 Å². The first-order valence-electron chi connectivity index (χ1n) is 5.61.